The number of carbonyl (C=O) groups is 2. The summed E-state index contributed by atoms with van der Waals surface area (Å²) >= 11 is 0. The Balaban J connectivity index is 1.52. The summed E-state index contributed by atoms with van der Waals surface area (Å²) in [5, 5.41) is 5.90. The van der Waals surface area contributed by atoms with Crippen molar-refractivity contribution in [2.75, 3.05) is 43.5 Å². The molecule has 7 nitrogen and oxygen atoms in total. The van der Waals surface area contributed by atoms with E-state index in [-0.39, 0.29) is 24.5 Å². The number of nitrogens with zero attached hydrogens (tertiary/aromatic N) is 1. The molecule has 0 aliphatic carbocycles. The Kier molecular flexibility index (Phi) is 7.08. The first kappa shape index (κ1) is 20.7. The van der Waals surface area contributed by atoms with Crippen LogP contribution in [0.5, 0.6) is 5.75 Å². The fourth-order valence-electron chi connectivity index (χ4n) is 2.99. The minimum atomic E-state index is -0.191. The second-order valence-electron chi connectivity index (χ2n) is 7.08. The zero-order chi connectivity index (χ0) is 20.6. The molecular weight excluding hydrogens is 370 g/mol. The van der Waals surface area contributed by atoms with Crippen molar-refractivity contribution >= 4 is 23.2 Å². The second kappa shape index (κ2) is 9.93. The van der Waals surface area contributed by atoms with Crippen molar-refractivity contribution in [1.29, 1.82) is 0 Å². The minimum absolute atomic E-state index is 0.0498. The number of carbonyl (C=O) groups excluding carboxylic acids is 2. The first-order valence-corrected chi connectivity index (χ1v) is 9.79. The molecule has 1 fully saturated rings. The van der Waals surface area contributed by atoms with E-state index >= 15 is 0 Å². The first-order valence-electron chi connectivity index (χ1n) is 9.79. The van der Waals surface area contributed by atoms with Crippen LogP contribution in [0, 0.1) is 0 Å². The van der Waals surface area contributed by atoms with Gasteiger partial charge in [-0.25, -0.2) is 0 Å². The van der Waals surface area contributed by atoms with Gasteiger partial charge in [0.05, 0.1) is 25.9 Å². The number of benzene rings is 2. The predicted octanol–water partition coefficient (Wildman–Crippen LogP) is 3.00. The molecule has 1 aliphatic rings. The minimum Gasteiger partial charge on any atom is -0.491 e. The lowest BCUT2D eigenvalue weighted by molar-refractivity contribution is -0.114. The lowest BCUT2D eigenvalue weighted by Gasteiger charge is -2.27. The Labute approximate surface area is 171 Å². The van der Waals surface area contributed by atoms with Crippen molar-refractivity contribution in [2.24, 2.45) is 0 Å². The maximum Gasteiger partial charge on any atom is 0.254 e. The number of anilines is 2. The van der Waals surface area contributed by atoms with Crippen molar-refractivity contribution in [3.63, 3.8) is 0 Å². The van der Waals surface area contributed by atoms with Crippen LogP contribution in [0.2, 0.25) is 0 Å². The van der Waals surface area contributed by atoms with Gasteiger partial charge in [0.15, 0.2) is 0 Å². The summed E-state index contributed by atoms with van der Waals surface area (Å²) < 4.78 is 10.9. The van der Waals surface area contributed by atoms with Crippen molar-refractivity contribution < 1.29 is 19.1 Å². The second-order valence-corrected chi connectivity index (χ2v) is 7.08. The van der Waals surface area contributed by atoms with Gasteiger partial charge >= 0.3 is 0 Å². The third-order valence-electron chi connectivity index (χ3n) is 4.37. The molecule has 0 radical (unpaired) electrons. The van der Waals surface area contributed by atoms with Gasteiger partial charge in [0.1, 0.15) is 5.75 Å². The number of morpholine rings is 1. The molecule has 0 unspecified atom stereocenters. The van der Waals surface area contributed by atoms with E-state index in [1.54, 1.807) is 29.2 Å². The number of nitrogens with one attached hydrogen (secondary N) is 2. The van der Waals surface area contributed by atoms with Gasteiger partial charge in [-0.3, -0.25) is 9.59 Å². The van der Waals surface area contributed by atoms with Crippen LogP contribution in [-0.4, -0.2) is 55.7 Å². The van der Waals surface area contributed by atoms with E-state index in [4.69, 9.17) is 9.47 Å². The number of ether oxygens (including phenoxy) is 2. The monoisotopic (exact) mass is 397 g/mol. The molecule has 1 aliphatic heterocycles. The fourth-order valence-corrected chi connectivity index (χ4v) is 2.99. The molecule has 0 atom stereocenters. The quantitative estimate of drug-likeness (QED) is 0.751. The van der Waals surface area contributed by atoms with E-state index < -0.39 is 0 Å². The van der Waals surface area contributed by atoms with Crippen molar-refractivity contribution in [3.8, 4) is 5.75 Å². The maximum absolute atomic E-state index is 12.6. The van der Waals surface area contributed by atoms with Crippen molar-refractivity contribution in [2.45, 2.75) is 20.0 Å². The molecule has 29 heavy (non-hydrogen) atoms. The average Bonchev–Trinajstić information content (AvgIpc) is 2.73. The van der Waals surface area contributed by atoms with Gasteiger partial charge < -0.3 is 25.0 Å². The summed E-state index contributed by atoms with van der Waals surface area (Å²) in [6.07, 6.45) is 0.116. The van der Waals surface area contributed by atoms with Gasteiger partial charge in [0, 0.05) is 30.0 Å². The molecule has 2 aromatic carbocycles. The first-order chi connectivity index (χ1) is 14.0. The summed E-state index contributed by atoms with van der Waals surface area (Å²) in [4.78, 5) is 26.6. The summed E-state index contributed by atoms with van der Waals surface area (Å²) in [5.74, 6) is 0.548. The highest BCUT2D eigenvalue weighted by Gasteiger charge is 2.18. The molecular formula is C22H27N3O4. The lowest BCUT2D eigenvalue weighted by Crippen LogP contribution is -2.40. The van der Waals surface area contributed by atoms with Crippen LogP contribution in [0.1, 0.15) is 24.2 Å². The molecule has 7 heteroatoms. The molecule has 0 aromatic heterocycles. The summed E-state index contributed by atoms with van der Waals surface area (Å²) in [6, 6.07) is 14.5. The van der Waals surface area contributed by atoms with E-state index in [0.29, 0.717) is 37.6 Å². The summed E-state index contributed by atoms with van der Waals surface area (Å²) in [6.45, 7) is 6.34. The normalized spacial score (nSPS) is 13.8. The van der Waals surface area contributed by atoms with E-state index in [0.717, 1.165) is 11.4 Å². The Bertz CT molecular complexity index is 830. The Hall–Kier alpha value is -3.06. The maximum atomic E-state index is 12.6. The predicted molar refractivity (Wildman–Crippen MR) is 112 cm³/mol. The van der Waals surface area contributed by atoms with Crippen LogP contribution >= 0.6 is 0 Å². The van der Waals surface area contributed by atoms with E-state index in [1.807, 2.05) is 38.1 Å². The molecule has 2 N–H and O–H groups in total. The van der Waals surface area contributed by atoms with Gasteiger partial charge in [-0.05, 0) is 56.3 Å². The molecule has 3 rings (SSSR count). The van der Waals surface area contributed by atoms with E-state index in [1.165, 1.54) is 0 Å². The van der Waals surface area contributed by atoms with Crippen LogP contribution in [0.25, 0.3) is 0 Å². The third-order valence-corrected chi connectivity index (χ3v) is 4.37. The highest BCUT2D eigenvalue weighted by molar-refractivity contribution is 5.98. The van der Waals surface area contributed by atoms with Gasteiger partial charge in [-0.1, -0.05) is 6.07 Å². The molecule has 0 saturated carbocycles. The molecule has 2 amide bonds. The lowest BCUT2D eigenvalue weighted by atomic mass is 10.1. The van der Waals surface area contributed by atoms with Crippen LogP contribution in [0.4, 0.5) is 11.4 Å². The largest absolute Gasteiger partial charge is 0.491 e. The number of rotatable bonds is 7. The number of amides is 2. The smallest absolute Gasteiger partial charge is 0.254 e. The topological polar surface area (TPSA) is 79.9 Å². The average molecular weight is 397 g/mol. The van der Waals surface area contributed by atoms with Crippen LogP contribution in [-0.2, 0) is 9.53 Å². The summed E-state index contributed by atoms with van der Waals surface area (Å²) in [7, 11) is 0. The Morgan fingerprint density at radius 2 is 1.79 bits per heavy atom. The van der Waals surface area contributed by atoms with Gasteiger partial charge in [-0.2, -0.15) is 0 Å². The molecule has 0 bridgehead atoms. The molecule has 154 valence electrons. The molecule has 1 saturated heterocycles. The van der Waals surface area contributed by atoms with Gasteiger partial charge in [-0.15, -0.1) is 0 Å². The van der Waals surface area contributed by atoms with Crippen molar-refractivity contribution in [1.82, 2.24) is 4.90 Å². The van der Waals surface area contributed by atoms with Crippen LogP contribution in [0.3, 0.4) is 0 Å². The standard InChI is InChI=1S/C22H27N3O4/c1-16(2)29-20-8-6-18(7-9-20)23-15-21(26)24-19-5-3-4-17(14-19)22(27)25-10-12-28-13-11-25/h3-9,14,16,23H,10-13,15H2,1-2H3,(H,24,26). The SMILES string of the molecule is CC(C)Oc1ccc(NCC(=O)Nc2cccc(C(=O)N3CCOCC3)c2)cc1. The summed E-state index contributed by atoms with van der Waals surface area (Å²) in [5.41, 5.74) is 1.97. The van der Waals surface area contributed by atoms with Crippen LogP contribution in [0.15, 0.2) is 48.5 Å². The van der Waals surface area contributed by atoms with E-state index in [9.17, 15) is 9.59 Å². The molecule has 1 heterocycles. The van der Waals surface area contributed by atoms with E-state index in [2.05, 4.69) is 10.6 Å². The Morgan fingerprint density at radius 3 is 2.48 bits per heavy atom. The Morgan fingerprint density at radius 1 is 1.07 bits per heavy atom. The number of hydrogen-bond donors (Lipinski definition) is 2. The molecule has 2 aromatic rings. The van der Waals surface area contributed by atoms with Gasteiger partial charge in [0.2, 0.25) is 5.91 Å². The van der Waals surface area contributed by atoms with Gasteiger partial charge in [0.25, 0.3) is 5.91 Å². The zero-order valence-corrected chi connectivity index (χ0v) is 16.8. The highest BCUT2D eigenvalue weighted by atomic mass is 16.5. The van der Waals surface area contributed by atoms with Crippen molar-refractivity contribution in [3.05, 3.63) is 54.1 Å². The zero-order valence-electron chi connectivity index (χ0n) is 16.8. The third kappa shape index (κ3) is 6.22. The number of hydrogen-bond acceptors (Lipinski definition) is 5. The fraction of sp³-hybridized carbons (Fsp3) is 0.364. The van der Waals surface area contributed by atoms with Crippen LogP contribution < -0.4 is 15.4 Å². The molecule has 0 spiro atoms. The highest BCUT2D eigenvalue weighted by Crippen LogP contribution is 2.17.